The van der Waals surface area contributed by atoms with Gasteiger partial charge in [-0.3, -0.25) is 20.4 Å². The molecular weight excluding hydrogens is 438 g/mol. The van der Waals surface area contributed by atoms with Crippen molar-refractivity contribution in [2.45, 2.75) is 33.6 Å². The van der Waals surface area contributed by atoms with Crippen molar-refractivity contribution in [1.82, 2.24) is 20.4 Å². The molecule has 0 unspecified atom stereocenters. The minimum absolute atomic E-state index is 0.276. The molecule has 8 nitrogen and oxygen atoms in total. The van der Waals surface area contributed by atoms with Crippen LogP contribution in [0.25, 0.3) is 5.69 Å². The fourth-order valence-corrected chi connectivity index (χ4v) is 4.79. The summed E-state index contributed by atoms with van der Waals surface area (Å²) in [5.74, 6) is -0.405. The van der Waals surface area contributed by atoms with E-state index in [-0.39, 0.29) is 11.6 Å². The summed E-state index contributed by atoms with van der Waals surface area (Å²) in [6.45, 7) is 11.0. The van der Waals surface area contributed by atoms with E-state index in [0.717, 1.165) is 35.3 Å². The minimum atomic E-state index is -0.447. The number of thiazole rings is 1. The third-order valence-electron chi connectivity index (χ3n) is 5.77. The zero-order chi connectivity index (χ0) is 23.5. The van der Waals surface area contributed by atoms with Crippen LogP contribution in [0.15, 0.2) is 35.7 Å². The van der Waals surface area contributed by atoms with Crippen molar-refractivity contribution in [1.29, 1.82) is 0 Å². The Bertz CT molecular complexity index is 1160. The number of carbonyl (C=O) groups is 2. The van der Waals surface area contributed by atoms with Crippen LogP contribution in [0.1, 0.15) is 57.6 Å². The number of nitrogens with zero attached hydrogens (tertiary/aromatic N) is 3. The predicted molar refractivity (Wildman–Crippen MR) is 129 cm³/mol. The van der Waals surface area contributed by atoms with E-state index >= 15 is 0 Å². The van der Waals surface area contributed by atoms with Gasteiger partial charge in [-0.15, -0.1) is 11.3 Å². The number of ether oxygens (including phenoxy) is 1. The molecule has 1 aliphatic rings. The van der Waals surface area contributed by atoms with Crippen molar-refractivity contribution in [3.05, 3.63) is 63.9 Å². The van der Waals surface area contributed by atoms with Gasteiger partial charge < -0.3 is 14.2 Å². The van der Waals surface area contributed by atoms with Gasteiger partial charge in [-0.1, -0.05) is 26.0 Å². The van der Waals surface area contributed by atoms with Crippen LogP contribution >= 0.6 is 11.3 Å². The van der Waals surface area contributed by atoms with Crippen LogP contribution < -0.4 is 15.8 Å². The van der Waals surface area contributed by atoms with Crippen LogP contribution in [0.2, 0.25) is 0 Å². The first-order valence-electron chi connectivity index (χ1n) is 11.0. The SMILES string of the molecule is Cc1cc(C(=O)NNC(=O)c2csc(N3CCOCC3)n2)c(C)n1-c1cccc(C(C)C)c1. The van der Waals surface area contributed by atoms with Crippen LogP contribution in [0.3, 0.4) is 0 Å². The van der Waals surface area contributed by atoms with Gasteiger partial charge in [0.15, 0.2) is 5.13 Å². The molecule has 1 saturated heterocycles. The molecule has 0 spiro atoms. The number of hydrazine groups is 1. The number of carbonyl (C=O) groups excluding carboxylic acids is 2. The number of aryl methyl sites for hydroxylation is 1. The fraction of sp³-hybridized carbons (Fsp3) is 0.375. The summed E-state index contributed by atoms with van der Waals surface area (Å²) in [4.78, 5) is 31.9. The summed E-state index contributed by atoms with van der Waals surface area (Å²) in [5, 5.41) is 2.47. The number of anilines is 1. The number of morpholine rings is 1. The molecule has 3 aromatic rings. The van der Waals surface area contributed by atoms with Crippen molar-refractivity contribution >= 4 is 28.3 Å². The van der Waals surface area contributed by atoms with Crippen molar-refractivity contribution in [2.24, 2.45) is 0 Å². The molecule has 0 bridgehead atoms. The third-order valence-corrected chi connectivity index (χ3v) is 6.67. The van der Waals surface area contributed by atoms with Crippen molar-refractivity contribution in [3.63, 3.8) is 0 Å². The van der Waals surface area contributed by atoms with Gasteiger partial charge in [0.05, 0.1) is 18.8 Å². The normalized spacial score (nSPS) is 13.9. The van der Waals surface area contributed by atoms with E-state index in [0.29, 0.717) is 24.7 Å². The Morgan fingerprint density at radius 2 is 1.82 bits per heavy atom. The van der Waals surface area contributed by atoms with Crippen LogP contribution in [0.5, 0.6) is 0 Å². The van der Waals surface area contributed by atoms with Crippen molar-refractivity contribution in [3.8, 4) is 5.69 Å². The average molecular weight is 468 g/mol. The molecule has 0 saturated carbocycles. The van der Waals surface area contributed by atoms with Crippen LogP contribution in [0.4, 0.5) is 5.13 Å². The number of nitrogens with one attached hydrogen (secondary N) is 2. The predicted octanol–water partition coefficient (Wildman–Crippen LogP) is 3.59. The molecule has 2 N–H and O–H groups in total. The van der Waals surface area contributed by atoms with Gasteiger partial charge >= 0.3 is 0 Å². The van der Waals surface area contributed by atoms with E-state index in [4.69, 9.17) is 4.74 Å². The molecule has 9 heteroatoms. The first-order valence-corrected chi connectivity index (χ1v) is 11.9. The highest BCUT2D eigenvalue weighted by Crippen LogP contribution is 2.24. The Balaban J connectivity index is 1.44. The maximum absolute atomic E-state index is 12.8. The number of rotatable bonds is 5. The number of aromatic nitrogens is 2. The first kappa shape index (κ1) is 23.0. The molecule has 2 amide bonds. The van der Waals surface area contributed by atoms with E-state index in [1.54, 1.807) is 5.38 Å². The molecular formula is C24H29N5O3S. The zero-order valence-electron chi connectivity index (χ0n) is 19.3. The zero-order valence-corrected chi connectivity index (χ0v) is 20.2. The van der Waals surface area contributed by atoms with Gasteiger partial charge in [-0.25, -0.2) is 4.98 Å². The Labute approximate surface area is 197 Å². The van der Waals surface area contributed by atoms with Crippen LogP contribution in [0, 0.1) is 13.8 Å². The lowest BCUT2D eigenvalue weighted by atomic mass is 10.0. The lowest BCUT2D eigenvalue weighted by Crippen LogP contribution is -2.42. The van der Waals surface area contributed by atoms with E-state index < -0.39 is 5.91 Å². The number of benzene rings is 1. The summed E-state index contributed by atoms with van der Waals surface area (Å²) in [6.07, 6.45) is 0. The smallest absolute Gasteiger partial charge is 0.289 e. The number of hydrogen-bond acceptors (Lipinski definition) is 6. The monoisotopic (exact) mass is 467 g/mol. The average Bonchev–Trinajstić information content (AvgIpc) is 3.43. The summed E-state index contributed by atoms with van der Waals surface area (Å²) < 4.78 is 7.41. The van der Waals surface area contributed by atoms with Crippen LogP contribution in [-0.2, 0) is 4.74 Å². The van der Waals surface area contributed by atoms with E-state index in [2.05, 4.69) is 51.3 Å². The molecule has 0 aliphatic carbocycles. The second-order valence-electron chi connectivity index (χ2n) is 8.39. The Hall–Kier alpha value is -3.17. The lowest BCUT2D eigenvalue weighted by Gasteiger charge is -2.25. The number of amides is 2. The Morgan fingerprint density at radius 3 is 2.55 bits per heavy atom. The van der Waals surface area contributed by atoms with Crippen LogP contribution in [-0.4, -0.2) is 47.7 Å². The summed E-state index contributed by atoms with van der Waals surface area (Å²) >= 11 is 1.41. The molecule has 3 heterocycles. The quantitative estimate of drug-likeness (QED) is 0.560. The summed E-state index contributed by atoms with van der Waals surface area (Å²) in [5.41, 5.74) is 9.80. The third kappa shape index (κ3) is 4.94. The molecule has 1 aromatic carbocycles. The standard InChI is InChI=1S/C24H29N5O3S/c1-15(2)18-6-5-7-19(13-18)29-16(3)12-20(17(29)4)22(30)26-27-23(31)21-14-33-24(25-21)28-8-10-32-11-9-28/h5-7,12-15H,8-11H2,1-4H3,(H,26,30)(H,27,31). The highest BCUT2D eigenvalue weighted by atomic mass is 32.1. The topological polar surface area (TPSA) is 88.5 Å². The van der Waals surface area contributed by atoms with Gasteiger partial charge in [0.25, 0.3) is 11.8 Å². The van der Waals surface area contributed by atoms with E-state index in [1.807, 2.05) is 32.0 Å². The molecule has 174 valence electrons. The first-order chi connectivity index (χ1) is 15.8. The molecule has 0 atom stereocenters. The highest BCUT2D eigenvalue weighted by molar-refractivity contribution is 7.13. The molecule has 2 aromatic heterocycles. The number of hydrogen-bond donors (Lipinski definition) is 2. The maximum Gasteiger partial charge on any atom is 0.289 e. The largest absolute Gasteiger partial charge is 0.378 e. The molecule has 0 radical (unpaired) electrons. The second-order valence-corrected chi connectivity index (χ2v) is 9.23. The molecule has 4 rings (SSSR count). The second kappa shape index (κ2) is 9.76. The van der Waals surface area contributed by atoms with Gasteiger partial charge in [0.2, 0.25) is 0 Å². The molecule has 1 fully saturated rings. The molecule has 1 aliphatic heterocycles. The Kier molecular flexibility index (Phi) is 6.80. The summed E-state index contributed by atoms with van der Waals surface area (Å²) in [7, 11) is 0. The van der Waals surface area contributed by atoms with E-state index in [9.17, 15) is 9.59 Å². The van der Waals surface area contributed by atoms with Gasteiger partial charge in [-0.05, 0) is 43.5 Å². The fourth-order valence-electron chi connectivity index (χ4n) is 3.93. The Morgan fingerprint density at radius 1 is 1.09 bits per heavy atom. The van der Waals surface area contributed by atoms with Crippen molar-refractivity contribution in [2.75, 3.05) is 31.2 Å². The molecule has 33 heavy (non-hydrogen) atoms. The van der Waals surface area contributed by atoms with Gasteiger partial charge in [0.1, 0.15) is 5.69 Å². The van der Waals surface area contributed by atoms with E-state index in [1.165, 1.54) is 16.9 Å². The van der Waals surface area contributed by atoms with Gasteiger partial charge in [0, 0.05) is 35.5 Å². The van der Waals surface area contributed by atoms with Gasteiger partial charge in [-0.2, -0.15) is 0 Å². The maximum atomic E-state index is 12.8. The summed E-state index contributed by atoms with van der Waals surface area (Å²) in [6, 6.07) is 10.1. The minimum Gasteiger partial charge on any atom is -0.378 e. The lowest BCUT2D eigenvalue weighted by molar-refractivity contribution is 0.0844. The van der Waals surface area contributed by atoms with Crippen molar-refractivity contribution < 1.29 is 14.3 Å². The highest BCUT2D eigenvalue weighted by Gasteiger charge is 2.20.